The van der Waals surface area contributed by atoms with Crippen LogP contribution in [0.25, 0.3) is 0 Å². The zero-order chi connectivity index (χ0) is 14.5. The van der Waals surface area contributed by atoms with Gasteiger partial charge in [-0.15, -0.1) is 0 Å². The number of nitrogens with one attached hydrogen (secondary N) is 2. The highest BCUT2D eigenvalue weighted by Gasteiger charge is 2.20. The van der Waals surface area contributed by atoms with E-state index >= 15 is 0 Å². The first kappa shape index (κ1) is 15.3. The number of rotatable bonds is 4. The molecule has 0 aliphatic carbocycles. The highest BCUT2D eigenvalue weighted by atomic mass is 35.5. The van der Waals surface area contributed by atoms with Gasteiger partial charge in [0.1, 0.15) is 6.07 Å². The zero-order valence-corrected chi connectivity index (χ0v) is 12.1. The van der Waals surface area contributed by atoms with Gasteiger partial charge < -0.3 is 10.6 Å². The van der Waals surface area contributed by atoms with Gasteiger partial charge in [-0.3, -0.25) is 4.79 Å². The lowest BCUT2D eigenvalue weighted by molar-refractivity contribution is -0.128. The molecule has 0 aliphatic rings. The van der Waals surface area contributed by atoms with E-state index in [0.717, 1.165) is 0 Å². The number of amides is 1. The van der Waals surface area contributed by atoms with E-state index in [9.17, 15) is 4.79 Å². The second-order valence-electron chi connectivity index (χ2n) is 5.21. The van der Waals surface area contributed by atoms with Crippen LogP contribution in [0.2, 0.25) is 5.02 Å². The summed E-state index contributed by atoms with van der Waals surface area (Å²) >= 11 is 6.02. The first-order valence-corrected chi connectivity index (χ1v) is 6.45. The number of para-hydroxylation sites is 1. The minimum atomic E-state index is -0.401. The molecule has 1 aromatic rings. The number of benzene rings is 1. The van der Waals surface area contributed by atoms with Gasteiger partial charge in [0.15, 0.2) is 0 Å². The lowest BCUT2D eigenvalue weighted by Crippen LogP contribution is -2.37. The van der Waals surface area contributed by atoms with Crippen molar-refractivity contribution in [2.75, 3.05) is 18.4 Å². The molecule has 4 nitrogen and oxygen atoms in total. The Labute approximate surface area is 118 Å². The summed E-state index contributed by atoms with van der Waals surface area (Å²) in [7, 11) is 0. The fraction of sp³-hybridized carbons (Fsp3) is 0.429. The summed E-state index contributed by atoms with van der Waals surface area (Å²) in [5, 5.41) is 15.4. The molecule has 0 saturated heterocycles. The van der Waals surface area contributed by atoms with Crippen LogP contribution in [0.15, 0.2) is 18.2 Å². The van der Waals surface area contributed by atoms with Crippen molar-refractivity contribution in [3.8, 4) is 6.07 Å². The Morgan fingerprint density at radius 1 is 1.37 bits per heavy atom. The Bertz CT molecular complexity index is 500. The Morgan fingerprint density at radius 3 is 2.63 bits per heavy atom. The topological polar surface area (TPSA) is 64.9 Å². The van der Waals surface area contributed by atoms with Crippen molar-refractivity contribution in [2.24, 2.45) is 5.41 Å². The van der Waals surface area contributed by atoms with Crippen molar-refractivity contribution in [2.45, 2.75) is 20.8 Å². The standard InChI is InChI=1S/C14H18ClN3O/c1-14(2,3)13(19)18-8-7-17-12-10(9-16)5-4-6-11(12)15/h4-6,17H,7-8H2,1-3H3,(H,18,19). The number of carbonyl (C=O) groups excluding carboxylic acids is 1. The van der Waals surface area contributed by atoms with Gasteiger partial charge >= 0.3 is 0 Å². The van der Waals surface area contributed by atoms with Crippen molar-refractivity contribution in [3.63, 3.8) is 0 Å². The molecule has 0 bridgehead atoms. The van der Waals surface area contributed by atoms with Crippen molar-refractivity contribution in [3.05, 3.63) is 28.8 Å². The second kappa shape index (κ2) is 6.44. The number of hydrogen-bond acceptors (Lipinski definition) is 3. The zero-order valence-electron chi connectivity index (χ0n) is 11.4. The van der Waals surface area contributed by atoms with Gasteiger partial charge in [-0.2, -0.15) is 5.26 Å². The summed E-state index contributed by atoms with van der Waals surface area (Å²) in [5.41, 5.74) is 0.702. The summed E-state index contributed by atoms with van der Waals surface area (Å²) in [6.07, 6.45) is 0. The third kappa shape index (κ3) is 4.46. The SMILES string of the molecule is CC(C)(C)C(=O)NCCNc1c(Cl)cccc1C#N. The van der Waals surface area contributed by atoms with E-state index in [1.807, 2.05) is 20.8 Å². The molecule has 0 atom stereocenters. The first-order chi connectivity index (χ1) is 8.86. The van der Waals surface area contributed by atoms with Crippen LogP contribution >= 0.6 is 11.6 Å². The quantitative estimate of drug-likeness (QED) is 0.833. The Kier molecular flexibility index (Phi) is 5.20. The van der Waals surface area contributed by atoms with Crippen LogP contribution in [0.1, 0.15) is 26.3 Å². The molecule has 0 fully saturated rings. The normalized spacial score (nSPS) is 10.7. The van der Waals surface area contributed by atoms with Gasteiger partial charge in [-0.25, -0.2) is 0 Å². The van der Waals surface area contributed by atoms with E-state index in [2.05, 4.69) is 16.7 Å². The third-order valence-corrected chi connectivity index (χ3v) is 2.84. The average Bonchev–Trinajstić information content (AvgIpc) is 2.34. The van der Waals surface area contributed by atoms with E-state index in [1.54, 1.807) is 18.2 Å². The molecule has 19 heavy (non-hydrogen) atoms. The van der Waals surface area contributed by atoms with Gasteiger partial charge in [-0.1, -0.05) is 38.4 Å². The van der Waals surface area contributed by atoms with E-state index in [4.69, 9.17) is 16.9 Å². The maximum Gasteiger partial charge on any atom is 0.225 e. The van der Waals surface area contributed by atoms with E-state index in [1.165, 1.54) is 0 Å². The monoisotopic (exact) mass is 279 g/mol. The van der Waals surface area contributed by atoms with Crippen LogP contribution in [0.4, 0.5) is 5.69 Å². The van der Waals surface area contributed by atoms with Crippen molar-refractivity contribution < 1.29 is 4.79 Å². The molecule has 1 amide bonds. The third-order valence-electron chi connectivity index (χ3n) is 2.53. The average molecular weight is 280 g/mol. The number of nitrogens with zero attached hydrogens (tertiary/aromatic N) is 1. The van der Waals surface area contributed by atoms with Crippen LogP contribution < -0.4 is 10.6 Å². The van der Waals surface area contributed by atoms with Crippen molar-refractivity contribution in [1.29, 1.82) is 5.26 Å². The molecule has 0 radical (unpaired) electrons. The minimum absolute atomic E-state index is 0.00559. The van der Waals surface area contributed by atoms with Crippen LogP contribution in [0.3, 0.4) is 0 Å². The molecule has 0 aliphatic heterocycles. The van der Waals surface area contributed by atoms with Crippen LogP contribution in [0.5, 0.6) is 0 Å². The number of anilines is 1. The first-order valence-electron chi connectivity index (χ1n) is 6.07. The van der Waals surface area contributed by atoms with Crippen molar-refractivity contribution >= 4 is 23.2 Å². The lowest BCUT2D eigenvalue weighted by Gasteiger charge is -2.18. The molecular formula is C14H18ClN3O. The van der Waals surface area contributed by atoms with E-state index < -0.39 is 5.41 Å². The van der Waals surface area contributed by atoms with Gasteiger partial charge in [0.2, 0.25) is 5.91 Å². The highest BCUT2D eigenvalue weighted by molar-refractivity contribution is 6.33. The largest absolute Gasteiger partial charge is 0.381 e. The summed E-state index contributed by atoms with van der Waals surface area (Å²) in [6.45, 7) is 6.57. The second-order valence-corrected chi connectivity index (χ2v) is 5.61. The van der Waals surface area contributed by atoms with Crippen LogP contribution in [-0.2, 0) is 4.79 Å². The molecule has 0 spiro atoms. The summed E-state index contributed by atoms with van der Waals surface area (Å²) < 4.78 is 0. The summed E-state index contributed by atoms with van der Waals surface area (Å²) in [5.74, 6) is -0.00559. The van der Waals surface area contributed by atoms with Gasteiger partial charge in [-0.05, 0) is 12.1 Å². The maximum absolute atomic E-state index is 11.6. The fourth-order valence-electron chi connectivity index (χ4n) is 1.43. The molecule has 5 heteroatoms. The van der Waals surface area contributed by atoms with Crippen LogP contribution in [0, 0.1) is 16.7 Å². The van der Waals surface area contributed by atoms with E-state index in [-0.39, 0.29) is 5.91 Å². The maximum atomic E-state index is 11.6. The molecule has 2 N–H and O–H groups in total. The number of hydrogen-bond donors (Lipinski definition) is 2. The van der Waals surface area contributed by atoms with E-state index in [0.29, 0.717) is 29.4 Å². The summed E-state index contributed by atoms with van der Waals surface area (Å²) in [6, 6.07) is 7.22. The van der Waals surface area contributed by atoms with Crippen LogP contribution in [-0.4, -0.2) is 19.0 Å². The lowest BCUT2D eigenvalue weighted by atomic mass is 9.96. The molecular weight excluding hydrogens is 262 g/mol. The number of halogens is 1. The predicted molar refractivity (Wildman–Crippen MR) is 77.1 cm³/mol. The number of carbonyl (C=O) groups is 1. The Morgan fingerprint density at radius 2 is 2.05 bits per heavy atom. The van der Waals surface area contributed by atoms with Gasteiger partial charge in [0, 0.05) is 18.5 Å². The highest BCUT2D eigenvalue weighted by Crippen LogP contribution is 2.24. The molecule has 0 heterocycles. The fourth-order valence-corrected chi connectivity index (χ4v) is 1.67. The molecule has 0 saturated carbocycles. The smallest absolute Gasteiger partial charge is 0.225 e. The molecule has 0 unspecified atom stereocenters. The van der Waals surface area contributed by atoms with Gasteiger partial charge in [0.25, 0.3) is 0 Å². The molecule has 0 aromatic heterocycles. The van der Waals surface area contributed by atoms with Gasteiger partial charge in [0.05, 0.1) is 16.3 Å². The molecule has 102 valence electrons. The predicted octanol–water partition coefficient (Wildman–Crippen LogP) is 2.79. The molecule has 1 aromatic carbocycles. The van der Waals surface area contributed by atoms with Crippen molar-refractivity contribution in [1.82, 2.24) is 5.32 Å². The Hall–Kier alpha value is -1.73. The minimum Gasteiger partial charge on any atom is -0.381 e. The summed E-state index contributed by atoms with van der Waals surface area (Å²) in [4.78, 5) is 11.6. The number of nitriles is 1. The Balaban J connectivity index is 2.51. The molecule has 1 rings (SSSR count).